The van der Waals surface area contributed by atoms with Crippen LogP contribution in [0.15, 0.2) is 59.2 Å². The third-order valence-electron chi connectivity index (χ3n) is 6.68. The Morgan fingerprint density at radius 2 is 1.81 bits per heavy atom. The minimum Gasteiger partial charge on any atom is -0.494 e. The number of anilines is 1. The molecule has 1 heterocycles. The average molecular weight is 601 g/mol. The number of carbonyl (C=O) groups excluding carboxylic acids is 1. The van der Waals surface area contributed by atoms with Gasteiger partial charge < -0.3 is 24.9 Å². The van der Waals surface area contributed by atoms with Gasteiger partial charge in [0.05, 0.1) is 19.0 Å². The molecule has 0 aliphatic heterocycles. The van der Waals surface area contributed by atoms with Crippen LogP contribution in [0, 0.1) is 0 Å². The summed E-state index contributed by atoms with van der Waals surface area (Å²) in [5, 5.41) is 17.1. The first-order valence-electron chi connectivity index (χ1n) is 14.6. The Kier molecular flexibility index (Phi) is 13.3. The quantitative estimate of drug-likeness (QED) is 0.148. The summed E-state index contributed by atoms with van der Waals surface area (Å²) in [6.07, 6.45) is 7.59. The molecule has 4 N–H and O–H groups in total. The molecule has 0 fully saturated rings. The van der Waals surface area contributed by atoms with Gasteiger partial charge in [0, 0.05) is 19.1 Å². The molecule has 2 atom stereocenters. The third kappa shape index (κ3) is 12.2. The zero-order chi connectivity index (χ0) is 30.4. The van der Waals surface area contributed by atoms with Crippen LogP contribution < -0.4 is 20.1 Å². The van der Waals surface area contributed by atoms with Gasteiger partial charge >= 0.3 is 6.01 Å². The second kappa shape index (κ2) is 16.9. The van der Waals surface area contributed by atoms with Crippen molar-refractivity contribution < 1.29 is 27.5 Å². The Labute approximate surface area is 249 Å². The minimum absolute atomic E-state index is 0.0682. The van der Waals surface area contributed by atoms with Crippen molar-refractivity contribution in [1.29, 1.82) is 0 Å². The SMILES string of the molecule is CCCCCCOc1ccc(CC(CC(O)CNCc2cccc(CC)c2)NC(=O)c2coc(NS(C)(=O)=O)n2)cc1. The molecule has 0 radical (unpaired) electrons. The number of aryl methyl sites for hydroxylation is 1. The molecule has 11 heteroatoms. The Bertz CT molecular complexity index is 1340. The number of amides is 1. The molecule has 0 aliphatic rings. The van der Waals surface area contributed by atoms with E-state index in [2.05, 4.69) is 46.3 Å². The molecule has 3 rings (SSSR count). The third-order valence-corrected chi connectivity index (χ3v) is 7.23. The molecule has 0 spiro atoms. The summed E-state index contributed by atoms with van der Waals surface area (Å²) in [7, 11) is -3.60. The summed E-state index contributed by atoms with van der Waals surface area (Å²) in [5.74, 6) is 0.259. The maximum absolute atomic E-state index is 13.0. The van der Waals surface area contributed by atoms with Crippen LogP contribution in [0.25, 0.3) is 0 Å². The molecule has 3 aromatic rings. The molecule has 0 aliphatic carbocycles. The van der Waals surface area contributed by atoms with E-state index in [9.17, 15) is 18.3 Å². The smallest absolute Gasteiger partial charge is 0.309 e. The number of carbonyl (C=O) groups is 1. The number of ether oxygens (including phenoxy) is 1. The van der Waals surface area contributed by atoms with Gasteiger partial charge in [-0.3, -0.25) is 4.79 Å². The average Bonchev–Trinajstić information content (AvgIpc) is 3.41. The fraction of sp³-hybridized carbons (Fsp3) is 0.484. The van der Waals surface area contributed by atoms with Crippen LogP contribution in [0.1, 0.15) is 73.1 Å². The van der Waals surface area contributed by atoms with Crippen molar-refractivity contribution in [2.45, 2.75) is 77.5 Å². The van der Waals surface area contributed by atoms with Gasteiger partial charge in [0.1, 0.15) is 12.0 Å². The second-order valence-electron chi connectivity index (χ2n) is 10.5. The van der Waals surface area contributed by atoms with Crippen molar-refractivity contribution in [1.82, 2.24) is 15.6 Å². The van der Waals surface area contributed by atoms with Crippen LogP contribution in [0.4, 0.5) is 6.01 Å². The molecular weight excluding hydrogens is 556 g/mol. The van der Waals surface area contributed by atoms with E-state index in [1.807, 2.05) is 36.4 Å². The summed E-state index contributed by atoms with van der Waals surface area (Å²) in [4.78, 5) is 16.9. The first-order valence-corrected chi connectivity index (χ1v) is 16.5. The van der Waals surface area contributed by atoms with E-state index >= 15 is 0 Å². The summed E-state index contributed by atoms with van der Waals surface area (Å²) >= 11 is 0. The molecule has 1 aromatic heterocycles. The molecular formula is C31H44N4O6S. The molecule has 2 aromatic carbocycles. The summed E-state index contributed by atoms with van der Waals surface area (Å²) < 4.78 is 36.0. The molecule has 0 bridgehead atoms. The number of hydrogen-bond acceptors (Lipinski definition) is 8. The van der Waals surface area contributed by atoms with Gasteiger partial charge in [-0.25, -0.2) is 13.1 Å². The first-order chi connectivity index (χ1) is 20.1. The normalized spacial score (nSPS) is 13.0. The van der Waals surface area contributed by atoms with E-state index in [1.165, 1.54) is 18.4 Å². The van der Waals surface area contributed by atoms with Gasteiger partial charge in [-0.2, -0.15) is 4.98 Å². The lowest BCUT2D eigenvalue weighted by atomic mass is 10.00. The van der Waals surface area contributed by atoms with E-state index in [0.717, 1.165) is 48.7 Å². The van der Waals surface area contributed by atoms with Crippen molar-refractivity contribution in [3.05, 3.63) is 77.2 Å². The summed E-state index contributed by atoms with van der Waals surface area (Å²) in [6.45, 7) is 5.93. The zero-order valence-electron chi connectivity index (χ0n) is 24.8. The zero-order valence-corrected chi connectivity index (χ0v) is 25.6. The molecule has 0 saturated carbocycles. The van der Waals surface area contributed by atoms with Crippen LogP contribution in [0.3, 0.4) is 0 Å². The lowest BCUT2D eigenvalue weighted by Crippen LogP contribution is -2.41. The van der Waals surface area contributed by atoms with E-state index < -0.39 is 28.1 Å². The number of oxazole rings is 1. The Hall–Kier alpha value is -3.41. The van der Waals surface area contributed by atoms with Crippen molar-refractivity contribution in [3.8, 4) is 5.75 Å². The number of aliphatic hydroxyl groups is 1. The van der Waals surface area contributed by atoms with Gasteiger partial charge in [0.15, 0.2) is 5.69 Å². The van der Waals surface area contributed by atoms with Gasteiger partial charge in [-0.1, -0.05) is 69.5 Å². The van der Waals surface area contributed by atoms with Crippen molar-refractivity contribution in [2.24, 2.45) is 0 Å². The number of aliphatic hydroxyl groups excluding tert-OH is 1. The highest BCUT2D eigenvalue weighted by molar-refractivity contribution is 7.91. The van der Waals surface area contributed by atoms with Gasteiger partial charge in [-0.15, -0.1) is 0 Å². The molecule has 42 heavy (non-hydrogen) atoms. The topological polar surface area (TPSA) is 143 Å². The van der Waals surface area contributed by atoms with Gasteiger partial charge in [0.25, 0.3) is 5.91 Å². The predicted molar refractivity (Wildman–Crippen MR) is 164 cm³/mol. The molecule has 0 saturated heterocycles. The van der Waals surface area contributed by atoms with Crippen molar-refractivity contribution >= 4 is 21.9 Å². The van der Waals surface area contributed by atoms with E-state index in [-0.39, 0.29) is 18.1 Å². The molecule has 1 amide bonds. The largest absolute Gasteiger partial charge is 0.494 e. The summed E-state index contributed by atoms with van der Waals surface area (Å²) in [5.41, 5.74) is 3.30. The number of benzene rings is 2. The van der Waals surface area contributed by atoms with E-state index in [1.54, 1.807) is 0 Å². The summed E-state index contributed by atoms with van der Waals surface area (Å²) in [6, 6.07) is 15.3. The minimum atomic E-state index is -3.60. The maximum atomic E-state index is 13.0. The van der Waals surface area contributed by atoms with Crippen LogP contribution in [-0.2, 0) is 29.4 Å². The van der Waals surface area contributed by atoms with E-state index in [0.29, 0.717) is 26.1 Å². The second-order valence-corrected chi connectivity index (χ2v) is 12.3. The Morgan fingerprint density at radius 1 is 1.05 bits per heavy atom. The highest BCUT2D eigenvalue weighted by Gasteiger charge is 2.21. The number of sulfonamides is 1. The molecule has 10 nitrogen and oxygen atoms in total. The number of nitrogens with zero attached hydrogens (tertiary/aromatic N) is 1. The maximum Gasteiger partial charge on any atom is 0.309 e. The fourth-order valence-corrected chi connectivity index (χ4v) is 4.93. The number of rotatable bonds is 19. The predicted octanol–water partition coefficient (Wildman–Crippen LogP) is 4.45. The number of aromatic nitrogens is 1. The molecule has 230 valence electrons. The fourth-order valence-electron chi connectivity index (χ4n) is 4.52. The lowest BCUT2D eigenvalue weighted by molar-refractivity contribution is 0.0904. The van der Waals surface area contributed by atoms with Crippen molar-refractivity contribution in [3.63, 3.8) is 0 Å². The number of nitrogens with one attached hydrogen (secondary N) is 3. The standard InChI is InChI=1S/C31H44N4O6S/c1-4-6-7-8-16-40-28-14-12-24(13-15-28)18-26(33-30(37)29-22-41-31(34-29)35-42(3,38)39)19-27(36)21-32-20-25-11-9-10-23(5-2)17-25/h9-15,17,22,26-27,32,36H,4-8,16,18-21H2,1-3H3,(H,33,37)(H,34,35). The Morgan fingerprint density at radius 3 is 2.52 bits per heavy atom. The van der Waals surface area contributed by atoms with Gasteiger partial charge in [-0.05, 0) is 54.5 Å². The van der Waals surface area contributed by atoms with E-state index in [4.69, 9.17) is 9.15 Å². The monoisotopic (exact) mass is 600 g/mol. The highest BCUT2D eigenvalue weighted by atomic mass is 32.2. The lowest BCUT2D eigenvalue weighted by Gasteiger charge is -2.22. The Balaban J connectivity index is 1.61. The van der Waals surface area contributed by atoms with Gasteiger partial charge in [0.2, 0.25) is 10.0 Å². The van der Waals surface area contributed by atoms with Crippen molar-refractivity contribution in [2.75, 3.05) is 24.1 Å². The molecule has 2 unspecified atom stereocenters. The number of unbranched alkanes of at least 4 members (excludes halogenated alkanes) is 3. The number of hydrogen-bond donors (Lipinski definition) is 4. The van der Waals surface area contributed by atoms with Crippen LogP contribution >= 0.6 is 0 Å². The van der Waals surface area contributed by atoms with Crippen LogP contribution in [0.2, 0.25) is 0 Å². The highest BCUT2D eigenvalue weighted by Crippen LogP contribution is 2.17. The van der Waals surface area contributed by atoms with Crippen LogP contribution in [0.5, 0.6) is 5.75 Å². The first kappa shape index (κ1) is 33.1. The van der Waals surface area contributed by atoms with Crippen LogP contribution in [-0.4, -0.2) is 56.0 Å².